The maximum absolute atomic E-state index is 13.6. The van der Waals surface area contributed by atoms with Crippen molar-refractivity contribution in [2.24, 2.45) is 0 Å². The average Bonchev–Trinajstić information content (AvgIpc) is 2.68. The number of Topliss-reactive ketones (excluding diaryl/α,β-unsaturated/α-hetero) is 1. The van der Waals surface area contributed by atoms with Crippen LogP contribution in [0.3, 0.4) is 0 Å². The minimum absolute atomic E-state index is 0.0975. The van der Waals surface area contributed by atoms with E-state index in [1.165, 1.54) is 6.92 Å². The third-order valence-corrected chi connectivity index (χ3v) is 5.04. The van der Waals surface area contributed by atoms with Gasteiger partial charge in [0.25, 0.3) is 5.91 Å². The molecule has 1 unspecified atom stereocenters. The van der Waals surface area contributed by atoms with Gasteiger partial charge in [-0.1, -0.05) is 43.1 Å². The minimum atomic E-state index is -1.39. The van der Waals surface area contributed by atoms with Crippen molar-refractivity contribution >= 4 is 29.2 Å². The zero-order chi connectivity index (χ0) is 23.0. The highest BCUT2D eigenvalue weighted by atomic mass is 35.5. The number of carbonyl (C=O) groups excluding carboxylic acids is 3. The van der Waals surface area contributed by atoms with Gasteiger partial charge in [-0.3, -0.25) is 14.4 Å². The van der Waals surface area contributed by atoms with Crippen LogP contribution in [0.2, 0.25) is 5.02 Å². The van der Waals surface area contributed by atoms with Gasteiger partial charge in [0.1, 0.15) is 11.6 Å². The number of halogens is 3. The Labute approximate surface area is 185 Å². The molecule has 2 amide bonds. The summed E-state index contributed by atoms with van der Waals surface area (Å²) in [7, 11) is 0. The van der Waals surface area contributed by atoms with Gasteiger partial charge in [-0.15, -0.1) is 0 Å². The second-order valence-corrected chi connectivity index (χ2v) is 7.63. The van der Waals surface area contributed by atoms with Gasteiger partial charge in [-0.2, -0.15) is 0 Å². The van der Waals surface area contributed by atoms with Crippen LogP contribution in [0.15, 0.2) is 42.5 Å². The van der Waals surface area contributed by atoms with Crippen molar-refractivity contribution in [3.05, 3.63) is 70.2 Å². The van der Waals surface area contributed by atoms with Crippen LogP contribution in [0, 0.1) is 11.6 Å². The van der Waals surface area contributed by atoms with Gasteiger partial charge in [0.2, 0.25) is 5.91 Å². The van der Waals surface area contributed by atoms with Crippen molar-refractivity contribution in [3.63, 3.8) is 0 Å². The number of benzene rings is 2. The lowest BCUT2D eigenvalue weighted by molar-refractivity contribution is -0.146. The number of amides is 2. The van der Waals surface area contributed by atoms with Crippen molar-refractivity contribution < 1.29 is 23.2 Å². The summed E-state index contributed by atoms with van der Waals surface area (Å²) in [6, 6.07) is 8.14. The van der Waals surface area contributed by atoms with Gasteiger partial charge in [-0.25, -0.2) is 8.78 Å². The summed E-state index contributed by atoms with van der Waals surface area (Å²) in [6.45, 7) is 3.43. The molecule has 0 aromatic heterocycles. The number of rotatable bonds is 10. The summed E-state index contributed by atoms with van der Waals surface area (Å²) in [5.41, 5.74) is 0.635. The first kappa shape index (κ1) is 24.5. The van der Waals surface area contributed by atoms with Crippen LogP contribution in [-0.4, -0.2) is 35.1 Å². The Hall–Kier alpha value is -2.80. The standard InChI is InChI=1S/C23H25ClF2N2O3/c1-3-4-9-27-23(31)22(15(2)29)28(14-17-7-5-6-8-20(17)24)21(30)12-16-10-18(25)13-19(26)11-16/h5-8,10-11,13,22H,3-4,9,12,14H2,1-2H3,(H,27,31). The van der Waals surface area contributed by atoms with E-state index in [-0.39, 0.29) is 18.5 Å². The van der Waals surface area contributed by atoms with E-state index < -0.39 is 35.3 Å². The maximum Gasteiger partial charge on any atom is 0.250 e. The number of unbranched alkanes of at least 4 members (excludes halogenated alkanes) is 1. The third kappa shape index (κ3) is 7.14. The molecule has 166 valence electrons. The summed E-state index contributed by atoms with van der Waals surface area (Å²) in [5, 5.41) is 3.04. The second kappa shape index (κ2) is 11.6. The quantitative estimate of drug-likeness (QED) is 0.438. The molecular formula is C23H25ClF2N2O3. The van der Waals surface area contributed by atoms with Crippen molar-refractivity contribution in [2.75, 3.05) is 6.54 Å². The van der Waals surface area contributed by atoms with E-state index in [1.54, 1.807) is 24.3 Å². The molecule has 1 N–H and O–H groups in total. The van der Waals surface area contributed by atoms with Crippen LogP contribution in [0.4, 0.5) is 8.78 Å². The molecule has 0 saturated heterocycles. The van der Waals surface area contributed by atoms with Gasteiger partial charge in [0.05, 0.1) is 6.42 Å². The lowest BCUT2D eigenvalue weighted by Crippen LogP contribution is -2.53. The van der Waals surface area contributed by atoms with Crippen LogP contribution in [0.25, 0.3) is 0 Å². The normalized spacial score (nSPS) is 11.6. The molecule has 1 atom stereocenters. The Morgan fingerprint density at radius 2 is 1.74 bits per heavy atom. The smallest absolute Gasteiger partial charge is 0.250 e. The highest BCUT2D eigenvalue weighted by molar-refractivity contribution is 6.31. The zero-order valence-corrected chi connectivity index (χ0v) is 18.2. The van der Waals surface area contributed by atoms with Crippen LogP contribution >= 0.6 is 11.6 Å². The van der Waals surface area contributed by atoms with E-state index in [0.717, 1.165) is 29.9 Å². The maximum atomic E-state index is 13.6. The molecule has 0 radical (unpaired) electrons. The number of hydrogen-bond donors (Lipinski definition) is 1. The molecule has 0 saturated carbocycles. The molecule has 0 heterocycles. The third-order valence-electron chi connectivity index (χ3n) is 4.67. The average molecular weight is 451 g/mol. The number of nitrogens with zero attached hydrogens (tertiary/aromatic N) is 1. The Morgan fingerprint density at radius 1 is 1.10 bits per heavy atom. The van der Waals surface area contributed by atoms with Gasteiger partial charge < -0.3 is 10.2 Å². The fourth-order valence-corrected chi connectivity index (χ4v) is 3.35. The number of carbonyl (C=O) groups is 3. The molecule has 0 aliphatic carbocycles. The predicted molar refractivity (Wildman–Crippen MR) is 114 cm³/mol. The molecule has 5 nitrogen and oxygen atoms in total. The largest absolute Gasteiger partial charge is 0.354 e. The van der Waals surface area contributed by atoms with Gasteiger partial charge in [0.15, 0.2) is 11.8 Å². The Bertz CT molecular complexity index is 932. The molecule has 0 spiro atoms. The fourth-order valence-electron chi connectivity index (χ4n) is 3.15. The Balaban J connectivity index is 2.37. The molecule has 0 aliphatic rings. The summed E-state index contributed by atoms with van der Waals surface area (Å²) in [5.74, 6) is -3.40. The molecule has 2 aromatic rings. The lowest BCUT2D eigenvalue weighted by Gasteiger charge is -2.30. The number of ketones is 1. The topological polar surface area (TPSA) is 66.5 Å². The Kier molecular flexibility index (Phi) is 9.12. The number of hydrogen-bond acceptors (Lipinski definition) is 3. The summed E-state index contributed by atoms with van der Waals surface area (Å²) < 4.78 is 27.1. The van der Waals surface area contributed by atoms with Crippen LogP contribution in [-0.2, 0) is 27.3 Å². The van der Waals surface area contributed by atoms with Gasteiger partial charge in [-0.05, 0) is 42.7 Å². The van der Waals surface area contributed by atoms with E-state index in [4.69, 9.17) is 11.6 Å². The molecule has 31 heavy (non-hydrogen) atoms. The summed E-state index contributed by atoms with van der Waals surface area (Å²) >= 11 is 6.22. The highest BCUT2D eigenvalue weighted by Gasteiger charge is 2.34. The fraction of sp³-hybridized carbons (Fsp3) is 0.348. The lowest BCUT2D eigenvalue weighted by atomic mass is 10.1. The van der Waals surface area contributed by atoms with Crippen molar-refractivity contribution in [1.29, 1.82) is 0 Å². The molecule has 2 aromatic carbocycles. The summed E-state index contributed by atoms with van der Waals surface area (Å²) in [4.78, 5) is 39.4. The van der Waals surface area contributed by atoms with Gasteiger partial charge >= 0.3 is 0 Å². The molecule has 0 fully saturated rings. The molecular weight excluding hydrogens is 426 g/mol. The first-order chi connectivity index (χ1) is 14.7. The molecule has 2 rings (SSSR count). The molecule has 0 bridgehead atoms. The molecule has 0 aliphatic heterocycles. The first-order valence-corrected chi connectivity index (χ1v) is 10.4. The van der Waals surface area contributed by atoms with E-state index >= 15 is 0 Å². The van der Waals surface area contributed by atoms with Crippen molar-refractivity contribution in [1.82, 2.24) is 10.2 Å². The highest BCUT2D eigenvalue weighted by Crippen LogP contribution is 2.20. The van der Waals surface area contributed by atoms with Crippen LogP contribution in [0.5, 0.6) is 0 Å². The minimum Gasteiger partial charge on any atom is -0.354 e. The first-order valence-electron chi connectivity index (χ1n) is 9.99. The number of nitrogens with one attached hydrogen (secondary N) is 1. The van der Waals surface area contributed by atoms with E-state index in [9.17, 15) is 23.2 Å². The summed E-state index contributed by atoms with van der Waals surface area (Å²) in [6.07, 6.45) is 1.18. The van der Waals surface area contributed by atoms with Crippen LogP contribution < -0.4 is 5.32 Å². The second-order valence-electron chi connectivity index (χ2n) is 7.23. The van der Waals surface area contributed by atoms with E-state index in [0.29, 0.717) is 23.2 Å². The monoisotopic (exact) mass is 450 g/mol. The van der Waals surface area contributed by atoms with Crippen molar-refractivity contribution in [2.45, 2.75) is 45.7 Å². The molecule has 8 heteroatoms. The van der Waals surface area contributed by atoms with E-state index in [1.807, 2.05) is 6.92 Å². The predicted octanol–water partition coefficient (Wildman–Crippen LogP) is 4.06. The van der Waals surface area contributed by atoms with Crippen molar-refractivity contribution in [3.8, 4) is 0 Å². The van der Waals surface area contributed by atoms with Gasteiger partial charge in [0, 0.05) is 24.2 Å². The Morgan fingerprint density at radius 3 is 2.32 bits per heavy atom. The van der Waals surface area contributed by atoms with Crippen LogP contribution in [0.1, 0.15) is 37.8 Å². The van der Waals surface area contributed by atoms with E-state index in [2.05, 4.69) is 5.32 Å². The SMILES string of the molecule is CCCCNC(=O)C(C(C)=O)N(Cc1ccccc1Cl)C(=O)Cc1cc(F)cc(F)c1. The zero-order valence-electron chi connectivity index (χ0n) is 17.5.